The zero-order chi connectivity index (χ0) is 16.7. The average Bonchev–Trinajstić information content (AvgIpc) is 2.97. The van der Waals surface area contributed by atoms with Gasteiger partial charge in [0, 0.05) is 22.0 Å². The summed E-state index contributed by atoms with van der Waals surface area (Å²) >= 11 is 10.3. The fourth-order valence-electron chi connectivity index (χ4n) is 3.36. The van der Waals surface area contributed by atoms with Gasteiger partial charge in [-0.25, -0.2) is 0 Å². The molecule has 1 aromatic carbocycles. The third-order valence-electron chi connectivity index (χ3n) is 4.90. The van der Waals surface area contributed by atoms with Gasteiger partial charge in [0.2, 0.25) is 0 Å². The highest BCUT2D eigenvalue weighted by Crippen LogP contribution is 2.43. The molecule has 1 fully saturated rings. The Labute approximate surface area is 154 Å². The molecule has 2 aliphatic rings. The van der Waals surface area contributed by atoms with Crippen LogP contribution < -0.4 is 4.74 Å². The maximum Gasteiger partial charge on any atom is 0.119 e. The molecule has 1 unspecified atom stereocenters. The summed E-state index contributed by atoms with van der Waals surface area (Å²) in [6.07, 6.45) is 1.83. The number of halogens is 2. The second-order valence-corrected chi connectivity index (χ2v) is 7.57. The highest BCUT2D eigenvalue weighted by atomic mass is 79.9. The molecule has 0 radical (unpaired) electrons. The van der Waals surface area contributed by atoms with Crippen molar-refractivity contribution < 1.29 is 14.2 Å². The molecule has 6 heteroatoms. The maximum atomic E-state index is 6.73. The van der Waals surface area contributed by atoms with Crippen LogP contribution in [0.25, 0.3) is 10.9 Å². The van der Waals surface area contributed by atoms with Crippen molar-refractivity contribution in [3.05, 3.63) is 34.5 Å². The normalized spacial score (nSPS) is 21.5. The number of aryl methyl sites for hydroxylation is 1. The molecule has 24 heavy (non-hydrogen) atoms. The van der Waals surface area contributed by atoms with Gasteiger partial charge in [0.1, 0.15) is 5.75 Å². The number of rotatable bonds is 5. The van der Waals surface area contributed by atoms with Crippen LogP contribution in [0.3, 0.4) is 0 Å². The van der Waals surface area contributed by atoms with Crippen molar-refractivity contribution in [3.8, 4) is 5.75 Å². The monoisotopic (exact) mass is 411 g/mol. The quantitative estimate of drug-likeness (QED) is 0.686. The predicted octanol–water partition coefficient (Wildman–Crippen LogP) is 4.31. The molecule has 0 bridgehead atoms. The van der Waals surface area contributed by atoms with Gasteiger partial charge in [-0.2, -0.15) is 0 Å². The molecule has 128 valence electrons. The van der Waals surface area contributed by atoms with E-state index in [2.05, 4.69) is 15.9 Å². The van der Waals surface area contributed by atoms with E-state index in [1.807, 2.05) is 18.2 Å². The standard InChI is InChI=1S/C18H19BrClNO3/c1-22-11-2-3-13-12(6-11)17(20)16-14(21-13)4-5-15(16)24-10-18(7-19)8-23-9-18/h2-3,6,15H,4-5,7-10H2,1H3. The minimum atomic E-state index is 0.00660. The number of hydrogen-bond acceptors (Lipinski definition) is 4. The third kappa shape index (κ3) is 2.71. The maximum absolute atomic E-state index is 6.73. The lowest BCUT2D eigenvalue weighted by atomic mass is 9.90. The van der Waals surface area contributed by atoms with Gasteiger partial charge in [-0.3, -0.25) is 4.98 Å². The molecule has 0 N–H and O–H groups in total. The number of benzene rings is 1. The van der Waals surface area contributed by atoms with E-state index in [-0.39, 0.29) is 11.5 Å². The van der Waals surface area contributed by atoms with Gasteiger partial charge in [-0.15, -0.1) is 0 Å². The van der Waals surface area contributed by atoms with E-state index in [0.717, 1.165) is 64.3 Å². The fourth-order valence-corrected chi connectivity index (χ4v) is 4.22. The summed E-state index contributed by atoms with van der Waals surface area (Å²) in [5.74, 6) is 0.784. The van der Waals surface area contributed by atoms with Crippen LogP contribution in [-0.2, 0) is 15.9 Å². The summed E-state index contributed by atoms with van der Waals surface area (Å²) < 4.78 is 16.9. The number of aromatic nitrogens is 1. The fraction of sp³-hybridized carbons (Fsp3) is 0.500. The lowest BCUT2D eigenvalue weighted by Gasteiger charge is -2.40. The van der Waals surface area contributed by atoms with E-state index in [0.29, 0.717) is 6.61 Å². The number of nitrogens with zero attached hydrogens (tertiary/aromatic N) is 1. The Morgan fingerprint density at radius 3 is 2.92 bits per heavy atom. The molecule has 1 aromatic heterocycles. The van der Waals surface area contributed by atoms with Crippen LogP contribution in [-0.4, -0.2) is 37.2 Å². The summed E-state index contributed by atoms with van der Waals surface area (Å²) in [7, 11) is 1.65. The molecule has 4 rings (SSSR count). The Morgan fingerprint density at radius 2 is 2.25 bits per heavy atom. The van der Waals surface area contributed by atoms with Crippen LogP contribution in [0.4, 0.5) is 0 Å². The second kappa shape index (κ2) is 6.45. The molecule has 0 amide bonds. The summed E-state index contributed by atoms with van der Waals surface area (Å²) in [6, 6.07) is 5.82. The number of methoxy groups -OCH3 is 1. The molecule has 1 saturated heterocycles. The first-order chi connectivity index (χ1) is 11.7. The van der Waals surface area contributed by atoms with E-state index in [9.17, 15) is 0 Å². The van der Waals surface area contributed by atoms with Crippen LogP contribution in [0.2, 0.25) is 5.02 Å². The molecule has 2 heterocycles. The molecule has 1 aliphatic heterocycles. The highest BCUT2D eigenvalue weighted by molar-refractivity contribution is 9.09. The van der Waals surface area contributed by atoms with Gasteiger partial charge in [0.25, 0.3) is 0 Å². The number of alkyl halides is 1. The van der Waals surface area contributed by atoms with Crippen molar-refractivity contribution >= 4 is 38.4 Å². The minimum Gasteiger partial charge on any atom is -0.497 e. The number of fused-ring (bicyclic) bond motifs is 2. The lowest BCUT2D eigenvalue weighted by Crippen LogP contribution is -2.47. The van der Waals surface area contributed by atoms with Crippen molar-refractivity contribution in [2.24, 2.45) is 5.41 Å². The van der Waals surface area contributed by atoms with E-state index >= 15 is 0 Å². The van der Waals surface area contributed by atoms with Gasteiger partial charge in [0.05, 0.1) is 49.0 Å². The van der Waals surface area contributed by atoms with E-state index in [1.165, 1.54) is 0 Å². The van der Waals surface area contributed by atoms with Crippen molar-refractivity contribution in [3.63, 3.8) is 0 Å². The Morgan fingerprint density at radius 1 is 1.42 bits per heavy atom. The van der Waals surface area contributed by atoms with E-state index in [4.69, 9.17) is 30.8 Å². The van der Waals surface area contributed by atoms with Gasteiger partial charge < -0.3 is 14.2 Å². The Hall–Kier alpha value is -0.880. The first kappa shape index (κ1) is 16.6. The van der Waals surface area contributed by atoms with Crippen molar-refractivity contribution in [1.29, 1.82) is 0 Å². The Bertz CT molecular complexity index is 773. The largest absolute Gasteiger partial charge is 0.497 e. The van der Waals surface area contributed by atoms with Crippen molar-refractivity contribution in [2.75, 3.05) is 32.3 Å². The predicted molar refractivity (Wildman–Crippen MR) is 97.4 cm³/mol. The van der Waals surface area contributed by atoms with Gasteiger partial charge in [-0.05, 0) is 31.0 Å². The number of ether oxygens (including phenoxy) is 3. The summed E-state index contributed by atoms with van der Waals surface area (Å²) in [5, 5.41) is 2.56. The molecular formula is C18H19BrClNO3. The highest BCUT2D eigenvalue weighted by Gasteiger charge is 2.40. The Balaban J connectivity index is 1.65. The van der Waals surface area contributed by atoms with Crippen LogP contribution in [0, 0.1) is 5.41 Å². The Kier molecular flexibility index (Phi) is 4.45. The summed E-state index contributed by atoms with van der Waals surface area (Å²) in [5.41, 5.74) is 3.11. The van der Waals surface area contributed by atoms with E-state index in [1.54, 1.807) is 7.11 Å². The van der Waals surface area contributed by atoms with Crippen molar-refractivity contribution in [2.45, 2.75) is 18.9 Å². The third-order valence-corrected chi connectivity index (χ3v) is 6.50. The SMILES string of the molecule is COc1ccc2nc3c(c(Cl)c2c1)C(OCC1(CBr)COC1)CC3. The smallest absolute Gasteiger partial charge is 0.119 e. The van der Waals surface area contributed by atoms with Crippen LogP contribution >= 0.6 is 27.5 Å². The molecule has 0 spiro atoms. The first-order valence-corrected chi connectivity index (χ1v) is 9.57. The lowest BCUT2D eigenvalue weighted by molar-refractivity contribution is -0.145. The zero-order valence-corrected chi connectivity index (χ0v) is 15.8. The minimum absolute atomic E-state index is 0.00660. The second-order valence-electron chi connectivity index (χ2n) is 6.63. The summed E-state index contributed by atoms with van der Waals surface area (Å²) in [4.78, 5) is 4.79. The topological polar surface area (TPSA) is 40.6 Å². The van der Waals surface area contributed by atoms with Gasteiger partial charge in [-0.1, -0.05) is 27.5 Å². The molecule has 4 nitrogen and oxygen atoms in total. The molecule has 0 saturated carbocycles. The molecule has 2 aromatic rings. The number of pyridine rings is 1. The average molecular weight is 413 g/mol. The first-order valence-electron chi connectivity index (χ1n) is 8.07. The number of hydrogen-bond donors (Lipinski definition) is 0. The van der Waals surface area contributed by atoms with Gasteiger partial charge >= 0.3 is 0 Å². The van der Waals surface area contributed by atoms with Crippen molar-refractivity contribution in [1.82, 2.24) is 4.98 Å². The van der Waals surface area contributed by atoms with Gasteiger partial charge in [0.15, 0.2) is 0 Å². The van der Waals surface area contributed by atoms with E-state index < -0.39 is 0 Å². The van der Waals surface area contributed by atoms with Crippen LogP contribution in [0.15, 0.2) is 18.2 Å². The molecular weight excluding hydrogens is 394 g/mol. The summed E-state index contributed by atoms with van der Waals surface area (Å²) in [6.45, 7) is 2.17. The molecule has 1 aliphatic carbocycles. The molecule has 1 atom stereocenters. The van der Waals surface area contributed by atoms with Crippen LogP contribution in [0.1, 0.15) is 23.8 Å². The zero-order valence-electron chi connectivity index (χ0n) is 13.5. The van der Waals surface area contributed by atoms with Crippen LogP contribution in [0.5, 0.6) is 5.75 Å².